The summed E-state index contributed by atoms with van der Waals surface area (Å²) in [7, 11) is 0. The highest BCUT2D eigenvalue weighted by Crippen LogP contribution is 2.24. The van der Waals surface area contributed by atoms with E-state index in [2.05, 4.69) is 21.2 Å². The van der Waals surface area contributed by atoms with Crippen LogP contribution in [0.1, 0.15) is 25.3 Å². The summed E-state index contributed by atoms with van der Waals surface area (Å²) in [6, 6.07) is 7.22. The zero-order valence-electron chi connectivity index (χ0n) is 10.1. The summed E-state index contributed by atoms with van der Waals surface area (Å²) in [6.07, 6.45) is 1.49. The maximum Gasteiger partial charge on any atom is 0.308 e. The molecule has 0 saturated carbocycles. The third kappa shape index (κ3) is 4.04. The van der Waals surface area contributed by atoms with Gasteiger partial charge in [0.15, 0.2) is 0 Å². The summed E-state index contributed by atoms with van der Waals surface area (Å²) < 4.78 is 0.766. The summed E-state index contributed by atoms with van der Waals surface area (Å²) in [5.74, 6) is -1.17. The summed E-state index contributed by atoms with van der Waals surface area (Å²) in [6.45, 7) is 2.35. The van der Waals surface area contributed by atoms with Crippen LogP contribution < -0.4 is 5.32 Å². The Morgan fingerprint density at radius 2 is 2.33 bits per heavy atom. The van der Waals surface area contributed by atoms with Crippen molar-refractivity contribution < 1.29 is 9.90 Å². The fourth-order valence-corrected chi connectivity index (χ4v) is 2.14. The number of nitrogens with one attached hydrogen (secondary N) is 1. The van der Waals surface area contributed by atoms with Crippen LogP contribution >= 0.6 is 15.9 Å². The van der Waals surface area contributed by atoms with Crippen molar-refractivity contribution in [2.24, 2.45) is 5.92 Å². The quantitative estimate of drug-likeness (QED) is 0.846. The Labute approximate surface area is 115 Å². The SMILES string of the molecule is CCCC(CNc1ccc(C#N)cc1Br)C(=O)O. The second-order valence-corrected chi connectivity index (χ2v) is 4.87. The van der Waals surface area contributed by atoms with Crippen molar-refractivity contribution in [1.29, 1.82) is 5.26 Å². The fourth-order valence-electron chi connectivity index (χ4n) is 1.62. The molecule has 0 aliphatic rings. The monoisotopic (exact) mass is 310 g/mol. The van der Waals surface area contributed by atoms with Gasteiger partial charge in [-0.25, -0.2) is 0 Å². The number of anilines is 1. The first kappa shape index (κ1) is 14.5. The van der Waals surface area contributed by atoms with Gasteiger partial charge in [-0.05, 0) is 40.5 Å². The predicted molar refractivity (Wildman–Crippen MR) is 73.4 cm³/mol. The Bertz CT molecular complexity index is 469. The Hall–Kier alpha value is -1.54. The number of hydrogen-bond donors (Lipinski definition) is 2. The topological polar surface area (TPSA) is 73.1 Å². The summed E-state index contributed by atoms with van der Waals surface area (Å²) in [5.41, 5.74) is 1.37. The molecule has 1 unspecified atom stereocenters. The van der Waals surface area contributed by atoms with E-state index in [1.54, 1.807) is 18.2 Å². The smallest absolute Gasteiger partial charge is 0.308 e. The van der Waals surface area contributed by atoms with Crippen LogP contribution in [-0.4, -0.2) is 17.6 Å². The van der Waals surface area contributed by atoms with Crippen LogP contribution in [0, 0.1) is 17.2 Å². The molecule has 0 saturated heterocycles. The van der Waals surface area contributed by atoms with Crippen molar-refractivity contribution in [3.8, 4) is 6.07 Å². The van der Waals surface area contributed by atoms with Crippen molar-refractivity contribution in [1.82, 2.24) is 0 Å². The van der Waals surface area contributed by atoms with Crippen molar-refractivity contribution in [2.45, 2.75) is 19.8 Å². The average molecular weight is 311 g/mol. The summed E-state index contributed by atoms with van der Waals surface area (Å²) in [5, 5.41) is 20.9. The normalized spacial score (nSPS) is 11.6. The molecule has 0 amide bonds. The van der Waals surface area contributed by atoms with Gasteiger partial charge in [0.25, 0.3) is 0 Å². The van der Waals surface area contributed by atoms with E-state index >= 15 is 0 Å². The molecule has 1 aromatic rings. The number of rotatable bonds is 6. The molecule has 96 valence electrons. The fraction of sp³-hybridized carbons (Fsp3) is 0.385. The molecule has 0 heterocycles. The maximum atomic E-state index is 11.0. The molecule has 5 heteroatoms. The number of nitriles is 1. The van der Waals surface area contributed by atoms with Gasteiger partial charge >= 0.3 is 5.97 Å². The molecule has 0 aliphatic heterocycles. The van der Waals surface area contributed by atoms with Crippen molar-refractivity contribution in [3.63, 3.8) is 0 Å². The number of aliphatic carboxylic acids is 1. The van der Waals surface area contributed by atoms with Gasteiger partial charge in [0.05, 0.1) is 17.6 Å². The minimum absolute atomic E-state index is 0.383. The highest BCUT2D eigenvalue weighted by Gasteiger charge is 2.16. The molecule has 0 aromatic heterocycles. The second-order valence-electron chi connectivity index (χ2n) is 4.01. The lowest BCUT2D eigenvalue weighted by atomic mass is 10.0. The minimum Gasteiger partial charge on any atom is -0.481 e. The Morgan fingerprint density at radius 3 is 2.83 bits per heavy atom. The standard InChI is InChI=1S/C13H15BrN2O2/c1-2-3-10(13(17)18)8-16-12-5-4-9(7-15)6-11(12)14/h4-6,10,16H,2-3,8H2,1H3,(H,17,18). The lowest BCUT2D eigenvalue weighted by Crippen LogP contribution is -2.22. The highest BCUT2D eigenvalue weighted by atomic mass is 79.9. The molecular formula is C13H15BrN2O2. The van der Waals surface area contributed by atoms with Gasteiger partial charge in [0.1, 0.15) is 0 Å². The molecule has 2 N–H and O–H groups in total. The number of carbonyl (C=O) groups is 1. The van der Waals surface area contributed by atoms with E-state index in [4.69, 9.17) is 10.4 Å². The van der Waals surface area contributed by atoms with E-state index in [1.165, 1.54) is 0 Å². The van der Waals surface area contributed by atoms with Gasteiger partial charge in [-0.3, -0.25) is 4.79 Å². The number of halogens is 1. The summed E-state index contributed by atoms with van der Waals surface area (Å²) in [4.78, 5) is 11.0. The van der Waals surface area contributed by atoms with Gasteiger partial charge in [-0.2, -0.15) is 5.26 Å². The molecule has 1 aromatic carbocycles. The number of carboxylic acid groups (broad SMARTS) is 1. The summed E-state index contributed by atoms with van der Waals surface area (Å²) >= 11 is 3.35. The van der Waals surface area contributed by atoms with E-state index < -0.39 is 11.9 Å². The van der Waals surface area contributed by atoms with E-state index in [0.29, 0.717) is 18.5 Å². The third-order valence-corrected chi connectivity index (χ3v) is 3.28. The van der Waals surface area contributed by atoms with Gasteiger partial charge < -0.3 is 10.4 Å². The Morgan fingerprint density at radius 1 is 1.61 bits per heavy atom. The van der Waals surface area contributed by atoms with Crippen molar-refractivity contribution >= 4 is 27.6 Å². The van der Waals surface area contributed by atoms with Crippen molar-refractivity contribution in [2.75, 3.05) is 11.9 Å². The first-order valence-corrected chi connectivity index (χ1v) is 6.54. The van der Waals surface area contributed by atoms with Crippen LogP contribution in [0.25, 0.3) is 0 Å². The number of nitrogens with zero attached hydrogens (tertiary/aromatic N) is 1. The Balaban J connectivity index is 2.68. The lowest BCUT2D eigenvalue weighted by Gasteiger charge is -2.14. The first-order valence-electron chi connectivity index (χ1n) is 5.74. The maximum absolute atomic E-state index is 11.0. The largest absolute Gasteiger partial charge is 0.481 e. The van der Waals surface area contributed by atoms with Crippen LogP contribution in [0.4, 0.5) is 5.69 Å². The Kier molecular flexibility index (Phi) is 5.66. The molecule has 18 heavy (non-hydrogen) atoms. The van der Waals surface area contributed by atoms with E-state index in [9.17, 15) is 4.79 Å². The number of benzene rings is 1. The minimum atomic E-state index is -0.783. The predicted octanol–water partition coefficient (Wildman–Crippen LogP) is 3.23. The van der Waals surface area contributed by atoms with Gasteiger partial charge in [-0.15, -0.1) is 0 Å². The molecular weight excluding hydrogens is 296 g/mol. The number of carboxylic acids is 1. The van der Waals surface area contributed by atoms with E-state index in [0.717, 1.165) is 16.6 Å². The lowest BCUT2D eigenvalue weighted by molar-refractivity contribution is -0.141. The van der Waals surface area contributed by atoms with Gasteiger partial charge in [0, 0.05) is 16.7 Å². The van der Waals surface area contributed by atoms with Crippen LogP contribution in [0.5, 0.6) is 0 Å². The zero-order chi connectivity index (χ0) is 13.5. The van der Waals surface area contributed by atoms with Crippen molar-refractivity contribution in [3.05, 3.63) is 28.2 Å². The molecule has 0 fully saturated rings. The molecule has 0 radical (unpaired) electrons. The second kappa shape index (κ2) is 7.02. The zero-order valence-corrected chi connectivity index (χ0v) is 11.7. The first-order chi connectivity index (χ1) is 8.58. The molecule has 0 aliphatic carbocycles. The molecule has 0 bridgehead atoms. The van der Waals surface area contributed by atoms with Gasteiger partial charge in [-0.1, -0.05) is 13.3 Å². The molecule has 1 atom stereocenters. The molecule has 0 spiro atoms. The highest BCUT2D eigenvalue weighted by molar-refractivity contribution is 9.10. The molecule has 4 nitrogen and oxygen atoms in total. The van der Waals surface area contributed by atoms with Crippen LogP contribution in [-0.2, 0) is 4.79 Å². The van der Waals surface area contributed by atoms with Gasteiger partial charge in [0.2, 0.25) is 0 Å². The van der Waals surface area contributed by atoms with E-state index in [1.807, 2.05) is 13.0 Å². The van der Waals surface area contributed by atoms with Crippen LogP contribution in [0.3, 0.4) is 0 Å². The van der Waals surface area contributed by atoms with E-state index in [-0.39, 0.29) is 0 Å². The van der Waals surface area contributed by atoms with Crippen LogP contribution in [0.2, 0.25) is 0 Å². The van der Waals surface area contributed by atoms with Crippen LogP contribution in [0.15, 0.2) is 22.7 Å². The molecule has 1 rings (SSSR count). The average Bonchev–Trinajstić information content (AvgIpc) is 2.35. The number of hydrogen-bond acceptors (Lipinski definition) is 3. The third-order valence-electron chi connectivity index (χ3n) is 2.62.